The summed E-state index contributed by atoms with van der Waals surface area (Å²) in [5, 5.41) is 11.8. The molecule has 25 heavy (non-hydrogen) atoms. The maximum atomic E-state index is 4.87. The number of guanidine groups is 1. The quantitative estimate of drug-likeness (QED) is 0.410. The maximum absolute atomic E-state index is 4.87. The van der Waals surface area contributed by atoms with Gasteiger partial charge in [0.25, 0.3) is 0 Å². The van der Waals surface area contributed by atoms with Crippen LogP contribution < -0.4 is 5.32 Å². The first-order valence-electron chi connectivity index (χ1n) is 8.67. The van der Waals surface area contributed by atoms with Crippen LogP contribution in [0.15, 0.2) is 23.3 Å². The highest BCUT2D eigenvalue weighted by Gasteiger charge is 2.21. The minimum absolute atomic E-state index is 0. The number of aromatic amines is 1. The van der Waals surface area contributed by atoms with Gasteiger partial charge >= 0.3 is 0 Å². The van der Waals surface area contributed by atoms with Crippen LogP contribution in [0.25, 0.3) is 0 Å². The van der Waals surface area contributed by atoms with Crippen molar-refractivity contribution < 1.29 is 0 Å². The number of aryl methyl sites for hydroxylation is 2. The van der Waals surface area contributed by atoms with Crippen molar-refractivity contribution in [2.24, 2.45) is 10.9 Å². The molecule has 7 nitrogen and oxygen atoms in total. The third-order valence-electron chi connectivity index (χ3n) is 4.49. The number of aliphatic imine (C=N–C) groups is 1. The van der Waals surface area contributed by atoms with Gasteiger partial charge in [0.15, 0.2) is 5.96 Å². The summed E-state index contributed by atoms with van der Waals surface area (Å²) in [7, 11) is 2.07. The number of aromatic nitrogens is 4. The van der Waals surface area contributed by atoms with Gasteiger partial charge in [-0.2, -0.15) is 0 Å². The number of halogens is 1. The Morgan fingerprint density at radius 3 is 3.04 bits per heavy atom. The van der Waals surface area contributed by atoms with Crippen LogP contribution >= 0.6 is 24.0 Å². The number of hydrogen-bond acceptors (Lipinski definition) is 3. The van der Waals surface area contributed by atoms with E-state index in [0.717, 1.165) is 56.6 Å². The Labute approximate surface area is 166 Å². The molecule has 8 heteroatoms. The summed E-state index contributed by atoms with van der Waals surface area (Å²) in [6.07, 6.45) is 4.08. The topological polar surface area (TPSA) is 74.1 Å². The highest BCUT2D eigenvalue weighted by molar-refractivity contribution is 14.0. The summed E-state index contributed by atoms with van der Waals surface area (Å²) in [5.74, 6) is 3.62. The minimum atomic E-state index is 0. The summed E-state index contributed by atoms with van der Waals surface area (Å²) in [6.45, 7) is 7.61. The van der Waals surface area contributed by atoms with E-state index in [1.807, 2.05) is 19.2 Å². The van der Waals surface area contributed by atoms with Crippen LogP contribution in [0.5, 0.6) is 0 Å². The molecule has 0 radical (unpaired) electrons. The van der Waals surface area contributed by atoms with Crippen LogP contribution in [0.1, 0.15) is 30.7 Å². The van der Waals surface area contributed by atoms with Crippen molar-refractivity contribution in [2.75, 3.05) is 20.1 Å². The van der Waals surface area contributed by atoms with Crippen molar-refractivity contribution in [1.29, 1.82) is 0 Å². The first-order chi connectivity index (χ1) is 11.7. The molecule has 2 aromatic rings. The third-order valence-corrected chi connectivity index (χ3v) is 4.49. The van der Waals surface area contributed by atoms with Gasteiger partial charge in [0.1, 0.15) is 11.6 Å². The van der Waals surface area contributed by atoms with E-state index in [1.165, 1.54) is 5.69 Å². The van der Waals surface area contributed by atoms with Crippen molar-refractivity contribution in [3.05, 3.63) is 35.7 Å². The molecule has 3 rings (SSSR count). The smallest absolute Gasteiger partial charge is 0.194 e. The highest BCUT2D eigenvalue weighted by atomic mass is 127. The predicted molar refractivity (Wildman–Crippen MR) is 110 cm³/mol. The molecule has 138 valence electrons. The van der Waals surface area contributed by atoms with Crippen LogP contribution in [-0.4, -0.2) is 50.7 Å². The predicted octanol–water partition coefficient (Wildman–Crippen LogP) is 2.19. The van der Waals surface area contributed by atoms with Gasteiger partial charge in [0.2, 0.25) is 0 Å². The Balaban J connectivity index is 0.00000225. The standard InChI is InChI=1S/C17H27N7.HI/c1-4-18-17(23(3)12-15-6-5-9-19-15)20-10-14-7-8-16-22-21-13(2)24(16)11-14;/h5-6,9,14,19H,4,7-8,10-12H2,1-3H3,(H,18,20);1H. The molecule has 0 fully saturated rings. The summed E-state index contributed by atoms with van der Waals surface area (Å²) >= 11 is 0. The van der Waals surface area contributed by atoms with Gasteiger partial charge in [0.05, 0.1) is 6.54 Å². The van der Waals surface area contributed by atoms with E-state index >= 15 is 0 Å². The largest absolute Gasteiger partial charge is 0.364 e. The lowest BCUT2D eigenvalue weighted by molar-refractivity contribution is 0.366. The van der Waals surface area contributed by atoms with E-state index in [9.17, 15) is 0 Å². The molecular weight excluding hydrogens is 429 g/mol. The van der Waals surface area contributed by atoms with E-state index < -0.39 is 0 Å². The van der Waals surface area contributed by atoms with Crippen LogP contribution in [0.4, 0.5) is 0 Å². The number of fused-ring (bicyclic) bond motifs is 1. The van der Waals surface area contributed by atoms with Gasteiger partial charge in [-0.1, -0.05) is 0 Å². The minimum Gasteiger partial charge on any atom is -0.364 e. The second-order valence-electron chi connectivity index (χ2n) is 6.42. The summed E-state index contributed by atoms with van der Waals surface area (Å²) in [5.41, 5.74) is 1.19. The second kappa shape index (κ2) is 9.21. The van der Waals surface area contributed by atoms with Crippen LogP contribution in [0.3, 0.4) is 0 Å². The Hall–Kier alpha value is -1.58. The van der Waals surface area contributed by atoms with Crippen molar-refractivity contribution in [1.82, 2.24) is 30.0 Å². The molecule has 0 aliphatic carbocycles. The fraction of sp³-hybridized carbons (Fsp3) is 0.588. The number of nitrogens with zero attached hydrogens (tertiary/aromatic N) is 5. The summed E-state index contributed by atoms with van der Waals surface area (Å²) in [6, 6.07) is 4.12. The van der Waals surface area contributed by atoms with Gasteiger partial charge < -0.3 is 19.8 Å². The molecule has 0 saturated carbocycles. The van der Waals surface area contributed by atoms with Crippen molar-refractivity contribution in [3.63, 3.8) is 0 Å². The lowest BCUT2D eigenvalue weighted by Gasteiger charge is -2.25. The third kappa shape index (κ3) is 4.96. The van der Waals surface area contributed by atoms with Crippen LogP contribution in [0.2, 0.25) is 0 Å². The van der Waals surface area contributed by atoms with E-state index in [-0.39, 0.29) is 24.0 Å². The molecule has 0 spiro atoms. The lowest BCUT2D eigenvalue weighted by Crippen LogP contribution is -2.39. The lowest BCUT2D eigenvalue weighted by atomic mass is 9.99. The maximum Gasteiger partial charge on any atom is 0.194 e. The van der Waals surface area contributed by atoms with Gasteiger partial charge in [-0.3, -0.25) is 4.99 Å². The van der Waals surface area contributed by atoms with E-state index in [0.29, 0.717) is 5.92 Å². The molecule has 2 N–H and O–H groups in total. The molecule has 3 heterocycles. The molecular formula is C17H28IN7. The van der Waals surface area contributed by atoms with Gasteiger partial charge in [-0.05, 0) is 38.3 Å². The monoisotopic (exact) mass is 457 g/mol. The number of H-pyrrole nitrogens is 1. The molecule has 1 aliphatic heterocycles. The SMILES string of the molecule is CCNC(=NCC1CCc2nnc(C)n2C1)N(C)Cc1ccc[nH]1.I. The highest BCUT2D eigenvalue weighted by Crippen LogP contribution is 2.20. The first kappa shape index (κ1) is 19.7. The van der Waals surface area contributed by atoms with E-state index in [2.05, 4.69) is 50.0 Å². The normalized spacial score (nSPS) is 16.9. The molecule has 2 aromatic heterocycles. The Kier molecular flexibility index (Phi) is 7.27. The Morgan fingerprint density at radius 1 is 1.48 bits per heavy atom. The first-order valence-corrected chi connectivity index (χ1v) is 8.67. The Morgan fingerprint density at radius 2 is 2.32 bits per heavy atom. The van der Waals surface area contributed by atoms with E-state index in [4.69, 9.17) is 4.99 Å². The summed E-state index contributed by atoms with van der Waals surface area (Å²) in [4.78, 5) is 10.3. The molecule has 0 saturated heterocycles. The van der Waals surface area contributed by atoms with Crippen LogP contribution in [0, 0.1) is 12.8 Å². The number of hydrogen-bond donors (Lipinski definition) is 2. The number of rotatable bonds is 5. The summed E-state index contributed by atoms with van der Waals surface area (Å²) < 4.78 is 2.24. The van der Waals surface area contributed by atoms with Gasteiger partial charge in [-0.15, -0.1) is 34.2 Å². The molecule has 1 unspecified atom stereocenters. The molecule has 0 amide bonds. The zero-order chi connectivity index (χ0) is 16.9. The molecule has 0 bridgehead atoms. The van der Waals surface area contributed by atoms with E-state index in [1.54, 1.807) is 0 Å². The van der Waals surface area contributed by atoms with Crippen molar-refractivity contribution in [3.8, 4) is 0 Å². The molecule has 1 atom stereocenters. The van der Waals surface area contributed by atoms with Crippen molar-refractivity contribution in [2.45, 2.75) is 39.8 Å². The molecule has 0 aromatic carbocycles. The van der Waals surface area contributed by atoms with Crippen molar-refractivity contribution >= 4 is 29.9 Å². The number of nitrogens with one attached hydrogen (secondary N) is 2. The fourth-order valence-electron chi connectivity index (χ4n) is 3.16. The Bertz CT molecular complexity index is 677. The zero-order valence-corrected chi connectivity index (χ0v) is 17.5. The fourth-order valence-corrected chi connectivity index (χ4v) is 3.16. The second-order valence-corrected chi connectivity index (χ2v) is 6.42. The van der Waals surface area contributed by atoms with Gasteiger partial charge in [-0.25, -0.2) is 0 Å². The van der Waals surface area contributed by atoms with Crippen LogP contribution in [-0.2, 0) is 19.5 Å². The average Bonchev–Trinajstić information content (AvgIpc) is 3.21. The average molecular weight is 457 g/mol. The zero-order valence-electron chi connectivity index (χ0n) is 15.2. The molecule has 1 aliphatic rings. The van der Waals surface area contributed by atoms with Gasteiger partial charge in [0, 0.05) is 45.0 Å².